The van der Waals surface area contributed by atoms with Crippen LogP contribution in [0.1, 0.15) is 38.3 Å². The maximum Gasteiger partial charge on any atom is 0.350 e. The van der Waals surface area contributed by atoms with Crippen LogP contribution in [0.2, 0.25) is 0 Å². The van der Waals surface area contributed by atoms with Gasteiger partial charge in [-0.15, -0.1) is 0 Å². The van der Waals surface area contributed by atoms with E-state index in [1.54, 1.807) is 44.2 Å². The molecule has 1 aliphatic heterocycles. The number of nitrogens with zero attached hydrogens (tertiary/aromatic N) is 2. The van der Waals surface area contributed by atoms with Crippen LogP contribution in [0, 0.1) is 13.8 Å². The minimum atomic E-state index is -1.07. The van der Waals surface area contributed by atoms with Gasteiger partial charge in [0.15, 0.2) is 5.13 Å². The van der Waals surface area contributed by atoms with E-state index in [0.29, 0.717) is 17.0 Å². The van der Waals surface area contributed by atoms with E-state index >= 15 is 0 Å². The Morgan fingerprint density at radius 1 is 1.21 bits per heavy atom. The average molecular weight is 468 g/mol. The van der Waals surface area contributed by atoms with Crippen LogP contribution in [-0.4, -0.2) is 42.0 Å². The van der Waals surface area contributed by atoms with Gasteiger partial charge in [-0.1, -0.05) is 11.3 Å². The first-order chi connectivity index (χ1) is 15.8. The minimum Gasteiger partial charge on any atom is -0.507 e. The van der Waals surface area contributed by atoms with Gasteiger partial charge in [0, 0.05) is 5.56 Å². The van der Waals surface area contributed by atoms with Gasteiger partial charge in [-0.25, -0.2) is 9.78 Å². The third-order valence-corrected chi connectivity index (χ3v) is 6.42. The zero-order valence-corrected chi connectivity index (χ0v) is 19.1. The molecule has 0 saturated carbocycles. The molecule has 2 aromatic heterocycles. The first-order valence-corrected chi connectivity index (χ1v) is 10.6. The summed E-state index contributed by atoms with van der Waals surface area (Å²) in [7, 11) is 2.77. The van der Waals surface area contributed by atoms with E-state index in [1.807, 2.05) is 0 Å². The second kappa shape index (κ2) is 8.55. The SMILES string of the molecule is COC(=O)c1sc(N2C(=O)C(=O)/C(=C(\O)c3ccc(OC)c(C)c3)C2c2ccco2)nc1C. The number of hydrogen-bond donors (Lipinski definition) is 1. The Kier molecular flexibility index (Phi) is 5.77. The largest absolute Gasteiger partial charge is 0.507 e. The molecule has 1 fully saturated rings. The van der Waals surface area contributed by atoms with Crippen LogP contribution < -0.4 is 9.64 Å². The molecule has 3 aromatic rings. The Hall–Kier alpha value is -3.92. The van der Waals surface area contributed by atoms with E-state index in [1.165, 1.54) is 20.5 Å². The molecule has 3 heterocycles. The summed E-state index contributed by atoms with van der Waals surface area (Å²) in [5.41, 5.74) is 1.29. The molecule has 0 spiro atoms. The second-order valence-electron chi connectivity index (χ2n) is 7.27. The summed E-state index contributed by atoms with van der Waals surface area (Å²) < 4.78 is 15.5. The number of aliphatic hydroxyl groups is 1. The van der Waals surface area contributed by atoms with Gasteiger partial charge < -0.3 is 19.0 Å². The highest BCUT2D eigenvalue weighted by molar-refractivity contribution is 7.17. The minimum absolute atomic E-state index is 0.112. The van der Waals surface area contributed by atoms with Crippen LogP contribution in [-0.2, 0) is 14.3 Å². The van der Waals surface area contributed by atoms with E-state index < -0.39 is 23.7 Å². The third kappa shape index (κ3) is 3.68. The zero-order valence-electron chi connectivity index (χ0n) is 18.2. The number of anilines is 1. The van der Waals surface area contributed by atoms with Crippen LogP contribution >= 0.6 is 11.3 Å². The Labute approximate surface area is 192 Å². The number of methoxy groups -OCH3 is 2. The molecule has 1 unspecified atom stereocenters. The zero-order chi connectivity index (χ0) is 23.9. The second-order valence-corrected chi connectivity index (χ2v) is 8.25. The molecule has 1 aliphatic rings. The van der Waals surface area contributed by atoms with Crippen LogP contribution in [0.15, 0.2) is 46.6 Å². The van der Waals surface area contributed by atoms with Gasteiger partial charge >= 0.3 is 11.9 Å². The highest BCUT2D eigenvalue weighted by Crippen LogP contribution is 2.44. The van der Waals surface area contributed by atoms with E-state index in [9.17, 15) is 19.5 Å². The molecule has 0 bridgehead atoms. The summed E-state index contributed by atoms with van der Waals surface area (Å²) in [6.45, 7) is 3.40. The topological polar surface area (TPSA) is 119 Å². The summed E-state index contributed by atoms with van der Waals surface area (Å²) in [4.78, 5) is 43.9. The summed E-state index contributed by atoms with van der Waals surface area (Å²) in [5, 5.41) is 11.2. The van der Waals surface area contributed by atoms with Crippen LogP contribution in [0.4, 0.5) is 5.13 Å². The molecule has 1 N–H and O–H groups in total. The van der Waals surface area contributed by atoms with Gasteiger partial charge in [0.2, 0.25) is 0 Å². The van der Waals surface area contributed by atoms with Crippen molar-refractivity contribution in [3.8, 4) is 5.75 Å². The fourth-order valence-corrected chi connectivity index (χ4v) is 4.71. The number of benzene rings is 1. The third-order valence-electron chi connectivity index (χ3n) is 5.29. The quantitative estimate of drug-likeness (QED) is 0.260. The number of carbonyl (C=O) groups is 3. The predicted molar refractivity (Wildman–Crippen MR) is 119 cm³/mol. The lowest BCUT2D eigenvalue weighted by Gasteiger charge is -2.20. The number of aryl methyl sites for hydroxylation is 2. The van der Waals surface area contributed by atoms with Gasteiger partial charge in [0.05, 0.1) is 31.7 Å². The van der Waals surface area contributed by atoms with Crippen molar-refractivity contribution < 1.29 is 33.4 Å². The first kappa shape index (κ1) is 22.3. The smallest absolute Gasteiger partial charge is 0.350 e. The number of furan rings is 1. The first-order valence-electron chi connectivity index (χ1n) is 9.83. The maximum atomic E-state index is 13.1. The van der Waals surface area contributed by atoms with E-state index in [0.717, 1.165) is 21.8 Å². The summed E-state index contributed by atoms with van der Waals surface area (Å²) in [6.07, 6.45) is 1.40. The number of ether oxygens (including phenoxy) is 2. The fraction of sp³-hybridized carbons (Fsp3) is 0.217. The highest BCUT2D eigenvalue weighted by atomic mass is 32.1. The molecule has 0 aliphatic carbocycles. The predicted octanol–water partition coefficient (Wildman–Crippen LogP) is 3.77. The molecule has 1 atom stereocenters. The van der Waals surface area contributed by atoms with Crippen LogP contribution in [0.25, 0.3) is 5.76 Å². The van der Waals surface area contributed by atoms with Crippen LogP contribution in [0.5, 0.6) is 5.75 Å². The molecule has 1 aromatic carbocycles. The van der Waals surface area contributed by atoms with Crippen molar-refractivity contribution in [3.05, 3.63) is 69.6 Å². The molecular formula is C23H20N2O7S. The van der Waals surface area contributed by atoms with Crippen molar-refractivity contribution in [2.45, 2.75) is 19.9 Å². The number of amides is 1. The number of aromatic nitrogens is 1. The number of aliphatic hydroxyl groups excluding tert-OH is 1. The van der Waals surface area contributed by atoms with Crippen molar-refractivity contribution in [2.75, 3.05) is 19.1 Å². The van der Waals surface area contributed by atoms with Gasteiger partial charge in [-0.05, 0) is 49.7 Å². The van der Waals surface area contributed by atoms with Gasteiger partial charge in [-0.2, -0.15) is 0 Å². The maximum absolute atomic E-state index is 13.1. The van der Waals surface area contributed by atoms with Gasteiger partial charge in [-0.3, -0.25) is 14.5 Å². The number of rotatable bonds is 5. The Morgan fingerprint density at radius 2 is 1.97 bits per heavy atom. The van der Waals surface area contributed by atoms with Crippen molar-refractivity contribution >= 4 is 39.9 Å². The van der Waals surface area contributed by atoms with E-state index in [4.69, 9.17) is 13.9 Å². The Bertz CT molecular complexity index is 1290. The highest BCUT2D eigenvalue weighted by Gasteiger charge is 2.49. The molecule has 170 valence electrons. The molecule has 4 rings (SSSR count). The monoisotopic (exact) mass is 468 g/mol. The van der Waals surface area contributed by atoms with E-state index in [-0.39, 0.29) is 27.1 Å². The average Bonchev–Trinajstić information content (AvgIpc) is 3.52. The molecule has 9 nitrogen and oxygen atoms in total. The summed E-state index contributed by atoms with van der Waals surface area (Å²) in [5.74, 6) is -1.87. The van der Waals surface area contributed by atoms with Gasteiger partial charge in [0.25, 0.3) is 5.78 Å². The summed E-state index contributed by atoms with van der Waals surface area (Å²) >= 11 is 0.918. The number of esters is 1. The Morgan fingerprint density at radius 3 is 2.58 bits per heavy atom. The molecule has 0 radical (unpaired) electrons. The lowest BCUT2D eigenvalue weighted by molar-refractivity contribution is -0.132. The van der Waals surface area contributed by atoms with Crippen molar-refractivity contribution in [2.24, 2.45) is 0 Å². The molecule has 10 heteroatoms. The molecule has 1 amide bonds. The molecule has 33 heavy (non-hydrogen) atoms. The van der Waals surface area contributed by atoms with Crippen molar-refractivity contribution in [3.63, 3.8) is 0 Å². The molecule has 1 saturated heterocycles. The number of ketones is 1. The van der Waals surface area contributed by atoms with Gasteiger partial charge in [0.1, 0.15) is 28.2 Å². The van der Waals surface area contributed by atoms with E-state index in [2.05, 4.69) is 4.98 Å². The number of carbonyl (C=O) groups excluding carboxylic acids is 3. The number of thiazole rings is 1. The number of Topliss-reactive ketones (excluding diaryl/α,β-unsaturated/α-hetero) is 1. The summed E-state index contributed by atoms with van der Waals surface area (Å²) in [6, 6.07) is 7.05. The van der Waals surface area contributed by atoms with Crippen LogP contribution in [0.3, 0.4) is 0 Å². The Balaban J connectivity index is 1.90. The van der Waals surface area contributed by atoms with Crippen molar-refractivity contribution in [1.82, 2.24) is 4.98 Å². The fourth-order valence-electron chi connectivity index (χ4n) is 3.69. The number of hydrogen-bond acceptors (Lipinski definition) is 9. The molecular weight excluding hydrogens is 448 g/mol. The standard InChI is InChI=1S/C23H20N2O7S/c1-11-10-13(7-8-14(11)30-3)18(26)16-17(15-6-5-9-32-15)25(21(28)19(16)27)23-24-12(2)20(33-23)22(29)31-4/h5-10,17,26H,1-4H3/b18-16-. The lowest BCUT2D eigenvalue weighted by Crippen LogP contribution is -2.29. The van der Waals surface area contributed by atoms with Crippen molar-refractivity contribution in [1.29, 1.82) is 0 Å². The normalized spacial score (nSPS) is 17.5. The lowest BCUT2D eigenvalue weighted by atomic mass is 9.98.